The van der Waals surface area contributed by atoms with Gasteiger partial charge in [-0.25, -0.2) is 0 Å². The predicted octanol–water partition coefficient (Wildman–Crippen LogP) is 7.41. The molecule has 0 bridgehead atoms. The van der Waals surface area contributed by atoms with Crippen LogP contribution in [0.15, 0.2) is 18.2 Å². The van der Waals surface area contributed by atoms with Crippen LogP contribution in [0.3, 0.4) is 0 Å². The van der Waals surface area contributed by atoms with E-state index >= 15 is 0 Å². The lowest BCUT2D eigenvalue weighted by molar-refractivity contribution is 0.132. The zero-order valence-corrected chi connectivity index (χ0v) is 21.7. The largest absolute Gasteiger partial charge is 0.487 e. The van der Waals surface area contributed by atoms with Gasteiger partial charge >= 0.3 is 0 Å². The van der Waals surface area contributed by atoms with Gasteiger partial charge in [-0.1, -0.05) is 68.4 Å². The number of fused-ring (bicyclic) bond motifs is 1. The van der Waals surface area contributed by atoms with E-state index in [4.69, 9.17) is 9.47 Å². The number of benzene rings is 1. The molecule has 5 heteroatoms. The Kier molecular flexibility index (Phi) is 5.96. The van der Waals surface area contributed by atoms with E-state index in [0.29, 0.717) is 0 Å². The quantitative estimate of drug-likeness (QED) is 0.462. The average molecular weight is 427 g/mol. The van der Waals surface area contributed by atoms with Gasteiger partial charge in [-0.05, 0) is 46.0 Å². The Hall–Kier alpha value is -0.520. The van der Waals surface area contributed by atoms with Crippen LogP contribution in [0.4, 0.5) is 0 Å². The van der Waals surface area contributed by atoms with Crippen molar-refractivity contribution in [1.82, 2.24) is 0 Å². The van der Waals surface area contributed by atoms with E-state index in [9.17, 15) is 4.57 Å². The highest BCUT2D eigenvalue weighted by Gasteiger charge is 2.60. The van der Waals surface area contributed by atoms with Gasteiger partial charge in [0.1, 0.15) is 24.2 Å². The Bertz CT molecular complexity index is 753. The highest BCUT2D eigenvalue weighted by molar-refractivity contribution is 7.84. The van der Waals surface area contributed by atoms with Crippen LogP contribution >= 0.6 is 15.1 Å². The van der Waals surface area contributed by atoms with E-state index < -0.39 is 15.1 Å². The Balaban J connectivity index is 2.76. The molecule has 0 aromatic heterocycles. The molecular formula is C23H40O3P2. The van der Waals surface area contributed by atoms with E-state index in [0.717, 1.165) is 16.8 Å². The van der Waals surface area contributed by atoms with Crippen molar-refractivity contribution in [3.8, 4) is 11.5 Å². The molecule has 1 aliphatic heterocycles. The highest BCUT2D eigenvalue weighted by Crippen LogP contribution is 2.80. The fourth-order valence-electron chi connectivity index (χ4n) is 4.10. The molecule has 3 nitrogen and oxygen atoms in total. The minimum atomic E-state index is -2.79. The van der Waals surface area contributed by atoms with Gasteiger partial charge in [-0.2, -0.15) is 0 Å². The molecule has 0 unspecified atom stereocenters. The minimum Gasteiger partial charge on any atom is -0.487 e. The number of hydrogen-bond acceptors (Lipinski definition) is 3. The van der Waals surface area contributed by atoms with Gasteiger partial charge < -0.3 is 14.0 Å². The van der Waals surface area contributed by atoms with E-state index in [1.165, 1.54) is 0 Å². The molecule has 0 aliphatic carbocycles. The molecule has 1 heterocycles. The molecule has 0 N–H and O–H groups in total. The molecule has 160 valence electrons. The van der Waals surface area contributed by atoms with Crippen LogP contribution in [0.2, 0.25) is 0 Å². The first-order chi connectivity index (χ1) is 12.3. The first-order valence-corrected chi connectivity index (χ1v) is 13.4. The van der Waals surface area contributed by atoms with Crippen molar-refractivity contribution in [1.29, 1.82) is 0 Å². The molecule has 1 aliphatic rings. The lowest BCUT2D eigenvalue weighted by Crippen LogP contribution is -2.38. The van der Waals surface area contributed by atoms with Crippen molar-refractivity contribution >= 4 is 20.4 Å². The highest BCUT2D eigenvalue weighted by atomic mass is 31.2. The second-order valence-corrected chi connectivity index (χ2v) is 19.7. The Morgan fingerprint density at radius 2 is 1.39 bits per heavy atom. The van der Waals surface area contributed by atoms with Gasteiger partial charge in [0.05, 0.1) is 5.30 Å². The second kappa shape index (κ2) is 7.02. The zero-order valence-electron chi connectivity index (χ0n) is 19.9. The average Bonchev–Trinajstić information content (AvgIpc) is 2.82. The van der Waals surface area contributed by atoms with Gasteiger partial charge in [0.25, 0.3) is 0 Å². The number of ether oxygens (including phenoxy) is 2. The summed E-state index contributed by atoms with van der Waals surface area (Å²) < 4.78 is 27.8. The third-order valence-corrected chi connectivity index (χ3v) is 14.4. The smallest absolute Gasteiger partial charge is 0.174 e. The van der Waals surface area contributed by atoms with E-state index in [1.54, 1.807) is 0 Å². The van der Waals surface area contributed by atoms with Crippen molar-refractivity contribution < 1.29 is 14.0 Å². The third-order valence-electron chi connectivity index (χ3n) is 5.10. The monoisotopic (exact) mass is 426 g/mol. The summed E-state index contributed by atoms with van der Waals surface area (Å²) in [7, 11) is -3.66. The lowest BCUT2D eigenvalue weighted by atomic mass is 10.2. The summed E-state index contributed by atoms with van der Waals surface area (Å²) in [6.07, 6.45) is 0. The van der Waals surface area contributed by atoms with Gasteiger partial charge in [0, 0.05) is 10.3 Å². The first kappa shape index (κ1) is 23.8. The molecule has 0 saturated heterocycles. The summed E-state index contributed by atoms with van der Waals surface area (Å²) in [5, 5.41) is 0.372. The summed E-state index contributed by atoms with van der Waals surface area (Å²) in [6.45, 7) is 25.6. The molecule has 0 amide bonds. The van der Waals surface area contributed by atoms with E-state index in [-0.39, 0.29) is 26.7 Å². The van der Waals surface area contributed by atoms with Crippen molar-refractivity contribution in [2.75, 3.05) is 0 Å². The molecule has 2 atom stereocenters. The third kappa shape index (κ3) is 4.17. The molecule has 0 fully saturated rings. The Labute approximate surface area is 174 Å². The van der Waals surface area contributed by atoms with E-state index in [1.807, 2.05) is 18.2 Å². The summed E-state index contributed by atoms with van der Waals surface area (Å²) in [4.78, 5) is 0. The van der Waals surface area contributed by atoms with Gasteiger partial charge in [0.2, 0.25) is 0 Å². The maximum atomic E-state index is 14.8. The standard InChI is InChI=1S/C23H40O3P2/c1-20(2,3)26-17-15-13-14-16-18(17)27(21(4,5)6)19(25-16)28(24,22(7,8)9)23(10,11)12/h13-15,19H,1-12H3/t19-,27-/m1/s1. The van der Waals surface area contributed by atoms with Crippen LogP contribution < -0.4 is 14.8 Å². The summed E-state index contributed by atoms with van der Waals surface area (Å²) in [5.74, 6) is 1.73. The Morgan fingerprint density at radius 1 is 0.893 bits per heavy atom. The van der Waals surface area contributed by atoms with Crippen molar-refractivity contribution in [3.63, 3.8) is 0 Å². The predicted molar refractivity (Wildman–Crippen MR) is 125 cm³/mol. The second-order valence-electron chi connectivity index (χ2n) is 11.8. The molecular weight excluding hydrogens is 386 g/mol. The fraction of sp³-hybridized carbons (Fsp3) is 0.739. The molecule has 0 spiro atoms. The molecule has 0 radical (unpaired) electrons. The van der Waals surface area contributed by atoms with Crippen molar-refractivity contribution in [2.24, 2.45) is 0 Å². The fourth-order valence-corrected chi connectivity index (χ4v) is 15.0. The summed E-state index contributed by atoms with van der Waals surface area (Å²) in [5.41, 5.74) is -0.605. The molecule has 28 heavy (non-hydrogen) atoms. The maximum Gasteiger partial charge on any atom is 0.174 e. The first-order valence-electron chi connectivity index (χ1n) is 10.2. The van der Waals surface area contributed by atoms with Crippen LogP contribution in [0.1, 0.15) is 83.1 Å². The number of rotatable bonds is 2. The SMILES string of the molecule is CC(C)(C)Oc1cccc2c1[P@@](C(C)(C)C)[C@H](P(=O)(C(C)(C)C)C(C)(C)C)O2. The summed E-state index contributed by atoms with van der Waals surface area (Å²) in [6, 6.07) is 6.04. The van der Waals surface area contributed by atoms with Crippen LogP contribution in [0.25, 0.3) is 0 Å². The van der Waals surface area contributed by atoms with Crippen LogP contribution in [0, 0.1) is 0 Å². The topological polar surface area (TPSA) is 35.5 Å². The number of hydrogen-bond donors (Lipinski definition) is 0. The normalized spacial score (nSPS) is 21.3. The molecule has 0 saturated carbocycles. The summed E-state index contributed by atoms with van der Waals surface area (Å²) >= 11 is 0. The van der Waals surface area contributed by atoms with Gasteiger partial charge in [0.15, 0.2) is 5.59 Å². The van der Waals surface area contributed by atoms with Crippen molar-refractivity contribution in [3.05, 3.63) is 18.2 Å². The minimum absolute atomic E-state index is 0.0608. The maximum absolute atomic E-state index is 14.8. The van der Waals surface area contributed by atoms with Gasteiger partial charge in [-0.15, -0.1) is 0 Å². The van der Waals surface area contributed by atoms with Crippen LogP contribution in [-0.2, 0) is 4.57 Å². The van der Waals surface area contributed by atoms with E-state index in [2.05, 4.69) is 83.1 Å². The molecule has 1 aromatic rings. The van der Waals surface area contributed by atoms with Crippen LogP contribution in [-0.4, -0.2) is 26.7 Å². The molecule has 2 rings (SSSR count). The zero-order chi connectivity index (χ0) is 21.9. The van der Waals surface area contributed by atoms with Crippen molar-refractivity contribution in [2.45, 2.75) is 110 Å². The van der Waals surface area contributed by atoms with Gasteiger partial charge in [-0.3, -0.25) is 0 Å². The lowest BCUT2D eigenvalue weighted by Gasteiger charge is -2.47. The molecule has 1 aromatic carbocycles. The van der Waals surface area contributed by atoms with Crippen LogP contribution in [0.5, 0.6) is 11.5 Å². The Morgan fingerprint density at radius 3 is 1.79 bits per heavy atom.